The number of rotatable bonds is 4. The number of halogens is 1. The molecule has 0 bridgehead atoms. The Hall–Kier alpha value is -2.99. The van der Waals surface area contributed by atoms with Crippen LogP contribution in [0.4, 0.5) is 5.69 Å². The molecule has 0 saturated heterocycles. The molecule has 138 valence electrons. The van der Waals surface area contributed by atoms with Gasteiger partial charge in [-0.3, -0.25) is 0 Å². The van der Waals surface area contributed by atoms with Crippen LogP contribution in [0.1, 0.15) is 13.3 Å². The summed E-state index contributed by atoms with van der Waals surface area (Å²) in [6.07, 6.45) is 4.29. The lowest BCUT2D eigenvalue weighted by Crippen LogP contribution is -1.95. The van der Waals surface area contributed by atoms with Crippen molar-refractivity contribution in [3.63, 3.8) is 0 Å². The SMILES string of the molecule is CCCn1cc2nc3c(-c4cc(OC)cnc4Cl)cccc3c(N)c2c1O. The molecule has 3 heterocycles. The van der Waals surface area contributed by atoms with Crippen molar-refractivity contribution in [3.05, 3.63) is 41.8 Å². The summed E-state index contributed by atoms with van der Waals surface area (Å²) in [5.41, 5.74) is 9.78. The van der Waals surface area contributed by atoms with Crippen LogP contribution in [0.25, 0.3) is 32.9 Å². The smallest absolute Gasteiger partial charge is 0.202 e. The van der Waals surface area contributed by atoms with Crippen LogP contribution in [0, 0.1) is 0 Å². The van der Waals surface area contributed by atoms with Crippen molar-refractivity contribution in [2.75, 3.05) is 12.8 Å². The molecule has 0 atom stereocenters. The van der Waals surface area contributed by atoms with E-state index in [2.05, 4.69) is 4.98 Å². The summed E-state index contributed by atoms with van der Waals surface area (Å²) in [6.45, 7) is 2.74. The molecule has 0 saturated carbocycles. The number of hydrogen-bond acceptors (Lipinski definition) is 5. The fourth-order valence-electron chi connectivity index (χ4n) is 3.37. The quantitative estimate of drug-likeness (QED) is 0.503. The third kappa shape index (κ3) is 2.73. The normalized spacial score (nSPS) is 11.4. The Labute approximate surface area is 161 Å². The second-order valence-corrected chi connectivity index (χ2v) is 6.71. The molecule has 0 unspecified atom stereocenters. The number of aryl methyl sites for hydroxylation is 1. The summed E-state index contributed by atoms with van der Waals surface area (Å²) < 4.78 is 7.05. The van der Waals surface area contributed by atoms with Crippen LogP contribution in [0.15, 0.2) is 36.7 Å². The lowest BCUT2D eigenvalue weighted by molar-refractivity contribution is 0.413. The number of pyridine rings is 2. The van der Waals surface area contributed by atoms with Crippen LogP contribution in [0.5, 0.6) is 11.6 Å². The number of hydrogen-bond donors (Lipinski definition) is 2. The first kappa shape index (κ1) is 17.4. The van der Waals surface area contributed by atoms with Crippen molar-refractivity contribution < 1.29 is 9.84 Å². The minimum absolute atomic E-state index is 0.144. The van der Waals surface area contributed by atoms with Gasteiger partial charge in [-0.15, -0.1) is 0 Å². The molecule has 0 radical (unpaired) electrons. The highest BCUT2D eigenvalue weighted by Crippen LogP contribution is 2.40. The number of anilines is 1. The highest BCUT2D eigenvalue weighted by Gasteiger charge is 2.18. The van der Waals surface area contributed by atoms with Crippen molar-refractivity contribution in [1.29, 1.82) is 0 Å². The van der Waals surface area contributed by atoms with Gasteiger partial charge >= 0.3 is 0 Å². The number of nitrogen functional groups attached to an aromatic ring is 1. The van der Waals surface area contributed by atoms with Gasteiger partial charge in [0.1, 0.15) is 10.9 Å². The van der Waals surface area contributed by atoms with Gasteiger partial charge in [0.05, 0.1) is 35.4 Å². The predicted molar refractivity (Wildman–Crippen MR) is 108 cm³/mol. The third-order valence-electron chi connectivity index (χ3n) is 4.66. The van der Waals surface area contributed by atoms with Gasteiger partial charge in [0.2, 0.25) is 5.88 Å². The molecular weight excluding hydrogens is 364 g/mol. The van der Waals surface area contributed by atoms with Crippen LogP contribution in [-0.4, -0.2) is 26.8 Å². The second kappa shape index (κ2) is 6.63. The molecule has 27 heavy (non-hydrogen) atoms. The molecule has 6 nitrogen and oxygen atoms in total. The van der Waals surface area contributed by atoms with Crippen LogP contribution in [0.2, 0.25) is 5.15 Å². The van der Waals surface area contributed by atoms with Crippen molar-refractivity contribution in [2.24, 2.45) is 0 Å². The lowest BCUT2D eigenvalue weighted by atomic mass is 10.0. The Kier molecular flexibility index (Phi) is 4.28. The molecule has 0 aliphatic heterocycles. The first-order chi connectivity index (χ1) is 13.0. The van der Waals surface area contributed by atoms with E-state index in [0.717, 1.165) is 17.4 Å². The Morgan fingerprint density at radius 1 is 1.30 bits per heavy atom. The van der Waals surface area contributed by atoms with E-state index in [1.54, 1.807) is 17.9 Å². The standard InChI is InChI=1S/C20H19ClN4O2/c1-3-7-25-10-15-16(20(25)26)17(22)13-6-4-5-12(18(13)24-15)14-8-11(27-2)9-23-19(14)21/h4-6,8-10,26H,3,7,22H2,1-2H3. The molecule has 4 aromatic rings. The van der Waals surface area contributed by atoms with E-state index >= 15 is 0 Å². The molecule has 0 aliphatic carbocycles. The predicted octanol–water partition coefficient (Wildman–Crippen LogP) is 4.61. The molecular formula is C20H19ClN4O2. The van der Waals surface area contributed by atoms with Gasteiger partial charge in [0.15, 0.2) is 0 Å². The minimum atomic E-state index is 0.144. The van der Waals surface area contributed by atoms with Crippen LogP contribution < -0.4 is 10.5 Å². The second-order valence-electron chi connectivity index (χ2n) is 6.35. The van der Waals surface area contributed by atoms with E-state index < -0.39 is 0 Å². The Balaban J connectivity index is 2.05. The van der Waals surface area contributed by atoms with Crippen molar-refractivity contribution >= 4 is 39.1 Å². The van der Waals surface area contributed by atoms with Crippen LogP contribution in [0.3, 0.4) is 0 Å². The summed E-state index contributed by atoms with van der Waals surface area (Å²) >= 11 is 6.35. The maximum absolute atomic E-state index is 10.6. The van der Waals surface area contributed by atoms with Crippen LogP contribution >= 0.6 is 11.6 Å². The fourth-order valence-corrected chi connectivity index (χ4v) is 3.57. The molecule has 3 N–H and O–H groups in total. The molecule has 3 aromatic heterocycles. The van der Waals surface area contributed by atoms with Crippen molar-refractivity contribution in [1.82, 2.24) is 14.5 Å². The summed E-state index contributed by atoms with van der Waals surface area (Å²) in [4.78, 5) is 8.98. The van der Waals surface area contributed by atoms with Crippen LogP contribution in [-0.2, 0) is 6.54 Å². The van der Waals surface area contributed by atoms with E-state index in [0.29, 0.717) is 45.1 Å². The lowest BCUT2D eigenvalue weighted by Gasteiger charge is -2.11. The number of benzene rings is 1. The number of fused-ring (bicyclic) bond motifs is 2. The summed E-state index contributed by atoms with van der Waals surface area (Å²) in [6, 6.07) is 7.52. The average Bonchev–Trinajstić information content (AvgIpc) is 2.98. The highest BCUT2D eigenvalue weighted by molar-refractivity contribution is 6.32. The van der Waals surface area contributed by atoms with Gasteiger partial charge < -0.3 is 20.1 Å². The topological polar surface area (TPSA) is 86.2 Å². The largest absolute Gasteiger partial charge is 0.495 e. The summed E-state index contributed by atoms with van der Waals surface area (Å²) in [7, 11) is 1.58. The first-order valence-corrected chi connectivity index (χ1v) is 9.02. The molecule has 0 amide bonds. The van der Waals surface area contributed by atoms with Gasteiger partial charge in [0, 0.05) is 29.3 Å². The number of aromatic hydroxyl groups is 1. The van der Waals surface area contributed by atoms with Crippen molar-refractivity contribution in [3.8, 4) is 22.8 Å². The highest BCUT2D eigenvalue weighted by atomic mass is 35.5. The monoisotopic (exact) mass is 382 g/mol. The van der Waals surface area contributed by atoms with Gasteiger partial charge in [0.25, 0.3) is 0 Å². The number of para-hydroxylation sites is 1. The Morgan fingerprint density at radius 3 is 2.85 bits per heavy atom. The minimum Gasteiger partial charge on any atom is -0.495 e. The molecule has 1 aromatic carbocycles. The molecule has 4 rings (SSSR count). The maximum atomic E-state index is 10.6. The fraction of sp³-hybridized carbons (Fsp3) is 0.200. The van der Waals surface area contributed by atoms with Gasteiger partial charge in [-0.2, -0.15) is 0 Å². The molecule has 0 aliphatic rings. The molecule has 7 heteroatoms. The van der Waals surface area contributed by atoms with E-state index in [4.69, 9.17) is 27.1 Å². The Bertz CT molecular complexity index is 1170. The summed E-state index contributed by atoms with van der Waals surface area (Å²) in [5.74, 6) is 0.748. The zero-order valence-electron chi connectivity index (χ0n) is 15.0. The third-order valence-corrected chi connectivity index (χ3v) is 4.96. The molecule has 0 fully saturated rings. The maximum Gasteiger partial charge on any atom is 0.202 e. The van der Waals surface area contributed by atoms with Gasteiger partial charge in [-0.05, 0) is 12.5 Å². The number of aromatic nitrogens is 3. The first-order valence-electron chi connectivity index (χ1n) is 8.65. The van der Waals surface area contributed by atoms with Crippen molar-refractivity contribution in [2.45, 2.75) is 19.9 Å². The number of ether oxygens (including phenoxy) is 1. The molecule has 0 spiro atoms. The van der Waals surface area contributed by atoms with Gasteiger partial charge in [-0.25, -0.2) is 9.97 Å². The number of methoxy groups -OCH3 is 1. The van der Waals surface area contributed by atoms with E-state index in [1.165, 1.54) is 0 Å². The zero-order valence-corrected chi connectivity index (χ0v) is 15.8. The van der Waals surface area contributed by atoms with E-state index in [9.17, 15) is 5.11 Å². The summed E-state index contributed by atoms with van der Waals surface area (Å²) in [5, 5.41) is 12.2. The Morgan fingerprint density at radius 2 is 2.11 bits per heavy atom. The van der Waals surface area contributed by atoms with E-state index in [-0.39, 0.29) is 5.88 Å². The average molecular weight is 383 g/mol. The number of nitrogens with two attached hydrogens (primary N) is 1. The zero-order chi connectivity index (χ0) is 19.1. The van der Waals surface area contributed by atoms with E-state index in [1.807, 2.05) is 37.4 Å². The number of nitrogens with zero attached hydrogens (tertiary/aromatic N) is 3. The van der Waals surface area contributed by atoms with Gasteiger partial charge in [-0.1, -0.05) is 36.7 Å².